The highest BCUT2D eigenvalue weighted by atomic mass is 16.7. The summed E-state index contributed by atoms with van der Waals surface area (Å²) < 4.78 is 15.9. The van der Waals surface area contributed by atoms with Gasteiger partial charge in [0.15, 0.2) is 0 Å². The van der Waals surface area contributed by atoms with Crippen molar-refractivity contribution in [2.24, 2.45) is 0 Å². The van der Waals surface area contributed by atoms with Crippen LogP contribution in [0.1, 0.15) is 35.7 Å². The van der Waals surface area contributed by atoms with E-state index in [2.05, 4.69) is 0 Å². The number of phenolic OH excluding ortho intramolecular Hbond substituents is 1. The fraction of sp³-hybridized carbons (Fsp3) is 0.444. The van der Waals surface area contributed by atoms with Gasteiger partial charge in [0.25, 0.3) is 5.79 Å². The maximum absolute atomic E-state index is 12.5. The van der Waals surface area contributed by atoms with E-state index in [1.807, 2.05) is 0 Å². The number of carbonyl (C=O) groups excluding carboxylic acids is 1. The van der Waals surface area contributed by atoms with Gasteiger partial charge in [0, 0.05) is 30.0 Å². The van der Waals surface area contributed by atoms with Gasteiger partial charge >= 0.3 is 11.9 Å². The van der Waals surface area contributed by atoms with E-state index in [9.17, 15) is 30.0 Å². The Morgan fingerprint density at radius 3 is 2.63 bits per heavy atom. The predicted octanol–water partition coefficient (Wildman–Crippen LogP) is 0.410. The van der Waals surface area contributed by atoms with Crippen LogP contribution in [0.25, 0.3) is 5.57 Å². The summed E-state index contributed by atoms with van der Waals surface area (Å²) in [7, 11) is 1.41. The van der Waals surface area contributed by atoms with Gasteiger partial charge in [0.1, 0.15) is 34.4 Å². The molecule has 144 valence electrons. The number of ether oxygens (including phenoxy) is 3. The largest absolute Gasteiger partial charge is 0.507 e. The first-order chi connectivity index (χ1) is 12.5. The number of aromatic hydroxyl groups is 1. The highest BCUT2D eigenvalue weighted by molar-refractivity contribution is 6.03. The summed E-state index contributed by atoms with van der Waals surface area (Å²) >= 11 is 0. The number of rotatable bonds is 2. The van der Waals surface area contributed by atoms with Gasteiger partial charge in [-0.15, -0.1) is 0 Å². The van der Waals surface area contributed by atoms with Crippen LogP contribution < -0.4 is 4.74 Å². The topological polar surface area (TPSA) is 143 Å². The summed E-state index contributed by atoms with van der Waals surface area (Å²) in [6.45, 7) is 1.57. The average Bonchev–Trinajstić information content (AvgIpc) is 2.82. The minimum absolute atomic E-state index is 0.0588. The van der Waals surface area contributed by atoms with Gasteiger partial charge in [-0.25, -0.2) is 9.59 Å². The molecule has 2 heterocycles. The van der Waals surface area contributed by atoms with Crippen molar-refractivity contribution in [2.75, 3.05) is 7.11 Å². The average molecular weight is 378 g/mol. The van der Waals surface area contributed by atoms with Gasteiger partial charge in [-0.2, -0.15) is 0 Å². The summed E-state index contributed by atoms with van der Waals surface area (Å²) in [5.41, 5.74) is -2.35. The molecule has 0 aromatic heterocycles. The number of hydrogen-bond donors (Lipinski definition) is 4. The number of carboxylic acids is 1. The van der Waals surface area contributed by atoms with Crippen LogP contribution in [0.5, 0.6) is 11.5 Å². The third-order valence-electron chi connectivity index (χ3n) is 5.40. The lowest BCUT2D eigenvalue weighted by Gasteiger charge is -2.45. The van der Waals surface area contributed by atoms with Gasteiger partial charge in [-0.05, 0) is 19.1 Å². The molecular formula is C18H18O9. The van der Waals surface area contributed by atoms with Crippen LogP contribution in [-0.2, 0) is 14.3 Å². The number of hydrogen-bond acceptors (Lipinski definition) is 8. The number of phenols is 1. The van der Waals surface area contributed by atoms with Crippen molar-refractivity contribution in [2.45, 2.75) is 42.9 Å². The molecule has 9 heteroatoms. The second-order valence-corrected chi connectivity index (χ2v) is 7.35. The maximum atomic E-state index is 12.5. The molecule has 1 aromatic carbocycles. The zero-order valence-electron chi connectivity index (χ0n) is 14.6. The summed E-state index contributed by atoms with van der Waals surface area (Å²) in [4.78, 5) is 23.8. The summed E-state index contributed by atoms with van der Waals surface area (Å²) in [5.74, 6) is -4.97. The van der Waals surface area contributed by atoms with Crippen LogP contribution in [0.3, 0.4) is 0 Å². The van der Waals surface area contributed by atoms with Gasteiger partial charge in [-0.3, -0.25) is 0 Å². The first kappa shape index (κ1) is 17.8. The van der Waals surface area contributed by atoms with Crippen LogP contribution >= 0.6 is 0 Å². The number of aliphatic carboxylic acids is 1. The molecule has 1 fully saturated rings. The van der Waals surface area contributed by atoms with E-state index in [0.29, 0.717) is 16.9 Å². The monoisotopic (exact) mass is 378 g/mol. The lowest BCUT2D eigenvalue weighted by atomic mass is 9.69. The number of carbonyl (C=O) groups is 2. The molecule has 1 saturated heterocycles. The lowest BCUT2D eigenvalue weighted by molar-refractivity contribution is -0.213. The zero-order valence-corrected chi connectivity index (χ0v) is 14.6. The normalized spacial score (nSPS) is 36.8. The Labute approximate surface area is 153 Å². The Balaban J connectivity index is 1.90. The van der Waals surface area contributed by atoms with Crippen LogP contribution in [0, 0.1) is 0 Å². The molecule has 9 nitrogen and oxygen atoms in total. The fourth-order valence-electron chi connectivity index (χ4n) is 4.23. The molecule has 1 aliphatic carbocycles. The van der Waals surface area contributed by atoms with Crippen LogP contribution in [0.2, 0.25) is 0 Å². The first-order valence-corrected chi connectivity index (χ1v) is 8.24. The fourth-order valence-corrected chi connectivity index (χ4v) is 4.23. The van der Waals surface area contributed by atoms with E-state index in [0.717, 1.165) is 0 Å². The summed E-state index contributed by atoms with van der Waals surface area (Å²) in [5, 5.41) is 40.5. The Morgan fingerprint density at radius 2 is 2.00 bits per heavy atom. The van der Waals surface area contributed by atoms with E-state index in [4.69, 9.17) is 14.2 Å². The molecule has 4 N–H and O–H groups in total. The number of esters is 1. The van der Waals surface area contributed by atoms with Crippen LogP contribution in [0.15, 0.2) is 18.2 Å². The quantitative estimate of drug-likeness (QED) is 0.538. The number of fused-ring (bicyclic) bond motifs is 4. The third kappa shape index (κ3) is 2.35. The van der Waals surface area contributed by atoms with Gasteiger partial charge in [-0.1, -0.05) is 0 Å². The molecule has 0 radical (unpaired) electrons. The number of aliphatic hydroxyl groups is 2. The standard InChI is InChI=1S/C18H18O9/c1-16-6-17(23)7-18(24,15(21)22)26-12(17)5-10(16)9-3-8(25-2)4-11(19)13(9)14(20)27-16/h3-5,12,19,23-24H,6-7H2,1-2H3,(H,21,22). The minimum Gasteiger partial charge on any atom is -0.507 e. The molecule has 3 aliphatic rings. The zero-order chi connectivity index (χ0) is 19.8. The molecule has 0 spiro atoms. The maximum Gasteiger partial charge on any atom is 0.364 e. The molecule has 1 aromatic rings. The van der Waals surface area contributed by atoms with Crippen molar-refractivity contribution >= 4 is 17.5 Å². The van der Waals surface area contributed by atoms with Crippen molar-refractivity contribution in [3.05, 3.63) is 29.3 Å². The number of methoxy groups -OCH3 is 1. The number of benzene rings is 1. The predicted molar refractivity (Wildman–Crippen MR) is 88.1 cm³/mol. The first-order valence-electron chi connectivity index (χ1n) is 8.24. The van der Waals surface area contributed by atoms with Crippen molar-refractivity contribution in [3.8, 4) is 11.5 Å². The lowest BCUT2D eigenvalue weighted by Crippen LogP contribution is -2.52. The molecule has 2 aliphatic heterocycles. The van der Waals surface area contributed by atoms with Gasteiger partial charge < -0.3 is 34.6 Å². The van der Waals surface area contributed by atoms with E-state index in [1.165, 1.54) is 19.3 Å². The Morgan fingerprint density at radius 1 is 1.30 bits per heavy atom. The van der Waals surface area contributed by atoms with Crippen molar-refractivity contribution < 1.29 is 44.2 Å². The Bertz CT molecular complexity index is 906. The van der Waals surface area contributed by atoms with Crippen molar-refractivity contribution in [1.29, 1.82) is 0 Å². The number of carboxylic acid groups (broad SMARTS) is 1. The molecule has 0 amide bonds. The van der Waals surface area contributed by atoms with E-state index in [1.54, 1.807) is 13.0 Å². The second kappa shape index (κ2) is 5.22. The Hall–Kier alpha value is -2.62. The molecule has 0 saturated carbocycles. The smallest absolute Gasteiger partial charge is 0.364 e. The summed E-state index contributed by atoms with van der Waals surface area (Å²) in [6.07, 6.45) is -0.476. The summed E-state index contributed by atoms with van der Waals surface area (Å²) in [6, 6.07) is 2.82. The van der Waals surface area contributed by atoms with Crippen LogP contribution in [0.4, 0.5) is 0 Å². The molecule has 27 heavy (non-hydrogen) atoms. The van der Waals surface area contributed by atoms with Crippen LogP contribution in [-0.4, -0.2) is 62.6 Å². The molecule has 4 unspecified atom stereocenters. The van der Waals surface area contributed by atoms with E-state index < -0.39 is 41.5 Å². The molecular weight excluding hydrogens is 360 g/mol. The molecule has 0 bridgehead atoms. The van der Waals surface area contributed by atoms with E-state index in [-0.39, 0.29) is 17.7 Å². The SMILES string of the molecule is COc1cc(O)c2c(c1)C1=CC3OC(O)(C(=O)O)CC3(O)CC1(C)OC2=O. The highest BCUT2D eigenvalue weighted by Gasteiger charge is 2.64. The molecule has 4 rings (SSSR count). The van der Waals surface area contributed by atoms with Gasteiger partial charge in [0.05, 0.1) is 7.11 Å². The molecule has 4 atom stereocenters. The Kier molecular flexibility index (Phi) is 3.43. The van der Waals surface area contributed by atoms with E-state index >= 15 is 0 Å². The van der Waals surface area contributed by atoms with Gasteiger partial charge in [0.2, 0.25) is 0 Å². The third-order valence-corrected chi connectivity index (χ3v) is 5.40. The second-order valence-electron chi connectivity index (χ2n) is 7.35. The minimum atomic E-state index is -2.55. The van der Waals surface area contributed by atoms with Crippen molar-refractivity contribution in [3.63, 3.8) is 0 Å². The highest BCUT2D eigenvalue weighted by Crippen LogP contribution is 2.54. The van der Waals surface area contributed by atoms with Crippen molar-refractivity contribution in [1.82, 2.24) is 0 Å².